The molecule has 0 unspecified atom stereocenters. The van der Waals surface area contributed by atoms with Gasteiger partial charge in [-0.1, -0.05) is 6.92 Å². The fourth-order valence-electron chi connectivity index (χ4n) is 1.87. The van der Waals surface area contributed by atoms with Gasteiger partial charge < -0.3 is 4.74 Å². The molecule has 0 aromatic rings. The molecule has 0 amide bonds. The molecule has 1 heteroatoms. The fraction of sp³-hybridized carbons (Fsp3) is 0.800. The summed E-state index contributed by atoms with van der Waals surface area (Å²) < 4.78 is 5.39. The lowest BCUT2D eigenvalue weighted by molar-refractivity contribution is 0.110. The van der Waals surface area contributed by atoms with Crippen LogP contribution >= 0.6 is 0 Å². The summed E-state index contributed by atoms with van der Waals surface area (Å²) in [6.45, 7) is 3.32. The Hall–Kier alpha value is -0.460. The van der Waals surface area contributed by atoms with Gasteiger partial charge in [-0.15, -0.1) is 0 Å². The third-order valence-corrected chi connectivity index (χ3v) is 2.88. The van der Waals surface area contributed by atoms with E-state index in [-0.39, 0.29) is 0 Å². The van der Waals surface area contributed by atoms with Gasteiger partial charge in [0, 0.05) is 6.42 Å². The van der Waals surface area contributed by atoms with Crippen LogP contribution in [0.3, 0.4) is 0 Å². The van der Waals surface area contributed by atoms with Gasteiger partial charge in [0.1, 0.15) is 0 Å². The lowest BCUT2D eigenvalue weighted by Crippen LogP contribution is -2.15. The molecule has 1 aliphatic carbocycles. The smallest absolute Gasteiger partial charge is 0.0985 e. The number of allylic oxidation sites excluding steroid dienone is 1. The largest absolute Gasteiger partial charge is 0.497 e. The molecule has 0 N–H and O–H groups in total. The van der Waals surface area contributed by atoms with E-state index in [0.29, 0.717) is 0 Å². The second kappa shape index (κ2) is 2.88. The Morgan fingerprint density at radius 2 is 1.82 bits per heavy atom. The molecule has 0 spiro atoms. The monoisotopic (exact) mass is 152 g/mol. The van der Waals surface area contributed by atoms with E-state index in [1.807, 2.05) is 0 Å². The van der Waals surface area contributed by atoms with Crippen molar-refractivity contribution in [3.05, 3.63) is 11.3 Å². The molecular formula is C10H16O. The second-order valence-corrected chi connectivity index (χ2v) is 3.81. The minimum atomic E-state index is 0.944. The highest BCUT2D eigenvalue weighted by Gasteiger charge is 2.20. The van der Waals surface area contributed by atoms with E-state index >= 15 is 0 Å². The van der Waals surface area contributed by atoms with Crippen molar-refractivity contribution in [2.24, 2.45) is 5.92 Å². The zero-order valence-corrected chi connectivity index (χ0v) is 7.23. The van der Waals surface area contributed by atoms with Crippen LogP contribution in [-0.2, 0) is 4.74 Å². The van der Waals surface area contributed by atoms with Gasteiger partial charge in [0.25, 0.3) is 0 Å². The molecule has 1 saturated heterocycles. The van der Waals surface area contributed by atoms with Gasteiger partial charge in [0.05, 0.1) is 12.4 Å². The maximum Gasteiger partial charge on any atom is 0.0985 e. The number of hydrogen-bond donors (Lipinski definition) is 0. The average Bonchev–Trinajstić information content (AvgIpc) is 1.90. The van der Waals surface area contributed by atoms with Gasteiger partial charge in [0.2, 0.25) is 0 Å². The van der Waals surface area contributed by atoms with E-state index < -0.39 is 0 Å². The Labute approximate surface area is 68.4 Å². The maximum atomic E-state index is 5.39. The average molecular weight is 152 g/mol. The molecule has 0 aromatic carbocycles. The summed E-state index contributed by atoms with van der Waals surface area (Å²) >= 11 is 0. The van der Waals surface area contributed by atoms with E-state index in [2.05, 4.69) is 6.92 Å². The number of hydrogen-bond acceptors (Lipinski definition) is 1. The molecule has 2 rings (SSSR count). The predicted molar refractivity (Wildman–Crippen MR) is 45.2 cm³/mol. The van der Waals surface area contributed by atoms with Gasteiger partial charge in [0.15, 0.2) is 0 Å². The summed E-state index contributed by atoms with van der Waals surface area (Å²) in [5.41, 5.74) is 1.62. The molecule has 0 aromatic heterocycles. The fourth-order valence-corrected chi connectivity index (χ4v) is 1.87. The molecule has 0 atom stereocenters. The third kappa shape index (κ3) is 1.42. The first-order valence-corrected chi connectivity index (χ1v) is 4.70. The number of ether oxygens (including phenoxy) is 1. The minimum absolute atomic E-state index is 0.944. The standard InChI is InChI=1S/C10H16O/c1-8-2-4-9(5-3-8)10-6-7-11-10/h8H,2-7H2,1H3. The van der Waals surface area contributed by atoms with Crippen molar-refractivity contribution in [2.75, 3.05) is 6.61 Å². The third-order valence-electron chi connectivity index (χ3n) is 2.88. The first-order valence-electron chi connectivity index (χ1n) is 4.70. The van der Waals surface area contributed by atoms with E-state index in [4.69, 9.17) is 4.74 Å². The molecular weight excluding hydrogens is 136 g/mol. The van der Waals surface area contributed by atoms with Gasteiger partial charge in [-0.05, 0) is 37.2 Å². The highest BCUT2D eigenvalue weighted by atomic mass is 16.5. The van der Waals surface area contributed by atoms with Crippen LogP contribution in [0, 0.1) is 5.92 Å². The SMILES string of the molecule is CC1CCC(=C2CCO2)CC1. The lowest BCUT2D eigenvalue weighted by atomic mass is 9.85. The summed E-state index contributed by atoms with van der Waals surface area (Å²) in [5, 5.41) is 0. The van der Waals surface area contributed by atoms with Gasteiger partial charge in [-0.3, -0.25) is 0 Å². The number of rotatable bonds is 0. The van der Waals surface area contributed by atoms with Crippen molar-refractivity contribution in [2.45, 2.75) is 39.0 Å². The molecule has 0 radical (unpaired) electrons. The van der Waals surface area contributed by atoms with Crippen molar-refractivity contribution >= 4 is 0 Å². The quantitative estimate of drug-likeness (QED) is 0.518. The van der Waals surface area contributed by atoms with Crippen LogP contribution in [0.15, 0.2) is 11.3 Å². The topological polar surface area (TPSA) is 9.23 Å². The molecule has 1 saturated carbocycles. The Morgan fingerprint density at radius 1 is 1.18 bits per heavy atom. The first-order chi connectivity index (χ1) is 5.36. The van der Waals surface area contributed by atoms with Crippen molar-refractivity contribution in [1.29, 1.82) is 0 Å². The molecule has 2 aliphatic rings. The van der Waals surface area contributed by atoms with E-state index in [1.165, 1.54) is 37.9 Å². The Kier molecular flexibility index (Phi) is 1.89. The first kappa shape index (κ1) is 7.20. The summed E-state index contributed by atoms with van der Waals surface area (Å²) in [7, 11) is 0. The van der Waals surface area contributed by atoms with E-state index in [1.54, 1.807) is 5.57 Å². The highest BCUT2D eigenvalue weighted by molar-refractivity contribution is 5.14. The summed E-state index contributed by atoms with van der Waals surface area (Å²) in [6.07, 6.45) is 6.57. The van der Waals surface area contributed by atoms with Crippen LogP contribution in [0.25, 0.3) is 0 Å². The molecule has 1 heterocycles. The molecule has 62 valence electrons. The molecule has 1 nitrogen and oxygen atoms in total. The zero-order valence-electron chi connectivity index (χ0n) is 7.23. The molecule has 0 bridgehead atoms. The Balaban J connectivity index is 1.96. The normalized spacial score (nSPS) is 31.2. The van der Waals surface area contributed by atoms with Crippen LogP contribution in [0.5, 0.6) is 0 Å². The van der Waals surface area contributed by atoms with Crippen molar-refractivity contribution in [3.63, 3.8) is 0 Å². The Morgan fingerprint density at radius 3 is 2.27 bits per heavy atom. The van der Waals surface area contributed by atoms with Crippen molar-refractivity contribution in [1.82, 2.24) is 0 Å². The van der Waals surface area contributed by atoms with Crippen LogP contribution in [0.2, 0.25) is 0 Å². The molecule has 11 heavy (non-hydrogen) atoms. The summed E-state index contributed by atoms with van der Waals surface area (Å²) in [5.74, 6) is 2.27. The van der Waals surface area contributed by atoms with Gasteiger partial charge in [-0.25, -0.2) is 0 Å². The van der Waals surface area contributed by atoms with Crippen LogP contribution in [-0.4, -0.2) is 6.61 Å². The Bertz CT molecular complexity index is 165. The van der Waals surface area contributed by atoms with Crippen molar-refractivity contribution in [3.8, 4) is 0 Å². The van der Waals surface area contributed by atoms with Gasteiger partial charge in [-0.2, -0.15) is 0 Å². The van der Waals surface area contributed by atoms with E-state index in [0.717, 1.165) is 12.5 Å². The predicted octanol–water partition coefficient (Wildman–Crippen LogP) is 2.87. The minimum Gasteiger partial charge on any atom is -0.497 e. The zero-order chi connectivity index (χ0) is 7.68. The van der Waals surface area contributed by atoms with Crippen LogP contribution in [0.4, 0.5) is 0 Å². The lowest BCUT2D eigenvalue weighted by Gasteiger charge is -2.27. The molecule has 1 aliphatic heterocycles. The highest BCUT2D eigenvalue weighted by Crippen LogP contribution is 2.33. The van der Waals surface area contributed by atoms with E-state index in [9.17, 15) is 0 Å². The summed E-state index contributed by atoms with van der Waals surface area (Å²) in [6, 6.07) is 0. The van der Waals surface area contributed by atoms with Gasteiger partial charge >= 0.3 is 0 Å². The summed E-state index contributed by atoms with van der Waals surface area (Å²) in [4.78, 5) is 0. The van der Waals surface area contributed by atoms with Crippen LogP contribution < -0.4 is 0 Å². The maximum absolute atomic E-state index is 5.39. The van der Waals surface area contributed by atoms with Crippen molar-refractivity contribution < 1.29 is 4.74 Å². The van der Waals surface area contributed by atoms with Crippen LogP contribution in [0.1, 0.15) is 39.0 Å². The molecule has 2 fully saturated rings. The second-order valence-electron chi connectivity index (χ2n) is 3.81.